The van der Waals surface area contributed by atoms with Gasteiger partial charge in [-0.25, -0.2) is 0 Å². The number of aliphatic hydroxyl groups is 1. The van der Waals surface area contributed by atoms with E-state index in [1.54, 1.807) is 14.2 Å². The number of ether oxygens (including phenoxy) is 2. The first-order chi connectivity index (χ1) is 9.16. The second-order valence-electron chi connectivity index (χ2n) is 5.43. The van der Waals surface area contributed by atoms with Crippen molar-refractivity contribution in [2.75, 3.05) is 14.2 Å². The first-order valence-corrected chi connectivity index (χ1v) is 7.07. The van der Waals surface area contributed by atoms with Crippen LogP contribution in [0.1, 0.15) is 50.7 Å². The van der Waals surface area contributed by atoms with Gasteiger partial charge in [0.25, 0.3) is 0 Å². The Balaban J connectivity index is 2.34. The average Bonchev–Trinajstić information content (AvgIpc) is 2.95. The third-order valence-electron chi connectivity index (χ3n) is 4.62. The standard InChI is InChI=1S/C16H24O3/c1-4-16(9-5-6-10-16)15(17)13-8-7-12(18-2)11-14(13)19-3/h7-8,11,15,17H,4-6,9-10H2,1-3H3. The van der Waals surface area contributed by atoms with E-state index in [2.05, 4.69) is 6.92 Å². The molecule has 106 valence electrons. The molecule has 19 heavy (non-hydrogen) atoms. The molecule has 1 N–H and O–H groups in total. The average molecular weight is 264 g/mol. The summed E-state index contributed by atoms with van der Waals surface area (Å²) in [6.45, 7) is 2.17. The van der Waals surface area contributed by atoms with E-state index >= 15 is 0 Å². The van der Waals surface area contributed by atoms with Crippen LogP contribution in [0, 0.1) is 5.41 Å². The van der Waals surface area contributed by atoms with Crippen molar-refractivity contribution in [3.63, 3.8) is 0 Å². The Morgan fingerprint density at radius 2 is 1.89 bits per heavy atom. The molecule has 1 aliphatic carbocycles. The fourth-order valence-electron chi connectivity index (χ4n) is 3.27. The highest BCUT2D eigenvalue weighted by molar-refractivity contribution is 5.42. The van der Waals surface area contributed by atoms with E-state index in [0.29, 0.717) is 5.75 Å². The zero-order valence-corrected chi connectivity index (χ0v) is 12.1. The van der Waals surface area contributed by atoms with Gasteiger partial charge in [0.1, 0.15) is 11.5 Å². The molecule has 2 rings (SSSR count). The highest BCUT2D eigenvalue weighted by Crippen LogP contribution is 2.51. The largest absolute Gasteiger partial charge is 0.497 e. The quantitative estimate of drug-likeness (QED) is 0.881. The second kappa shape index (κ2) is 5.83. The number of hydrogen-bond donors (Lipinski definition) is 1. The zero-order valence-electron chi connectivity index (χ0n) is 12.1. The first-order valence-electron chi connectivity index (χ1n) is 7.07. The van der Waals surface area contributed by atoms with Crippen LogP contribution in [0.5, 0.6) is 11.5 Å². The molecule has 0 bridgehead atoms. The molecular formula is C16H24O3. The van der Waals surface area contributed by atoms with Crippen molar-refractivity contribution < 1.29 is 14.6 Å². The lowest BCUT2D eigenvalue weighted by Gasteiger charge is -2.34. The molecule has 1 atom stereocenters. The van der Waals surface area contributed by atoms with E-state index in [1.165, 1.54) is 12.8 Å². The first kappa shape index (κ1) is 14.2. The van der Waals surface area contributed by atoms with Crippen molar-refractivity contribution in [3.8, 4) is 11.5 Å². The van der Waals surface area contributed by atoms with Crippen molar-refractivity contribution in [3.05, 3.63) is 23.8 Å². The van der Waals surface area contributed by atoms with Crippen molar-refractivity contribution >= 4 is 0 Å². The Kier molecular flexibility index (Phi) is 4.35. The minimum atomic E-state index is -0.458. The molecule has 1 aromatic carbocycles. The molecule has 1 aromatic rings. The lowest BCUT2D eigenvalue weighted by Crippen LogP contribution is -2.25. The van der Waals surface area contributed by atoms with Crippen molar-refractivity contribution in [1.82, 2.24) is 0 Å². The summed E-state index contributed by atoms with van der Waals surface area (Å²) in [6, 6.07) is 5.66. The molecule has 3 heteroatoms. The lowest BCUT2D eigenvalue weighted by molar-refractivity contribution is 0.0220. The SMILES string of the molecule is CCC1(C(O)c2ccc(OC)cc2OC)CCCC1. The van der Waals surface area contributed by atoms with Crippen LogP contribution in [0.2, 0.25) is 0 Å². The maximum absolute atomic E-state index is 10.8. The Morgan fingerprint density at radius 1 is 1.21 bits per heavy atom. The molecule has 0 heterocycles. The minimum absolute atomic E-state index is 0.0157. The minimum Gasteiger partial charge on any atom is -0.497 e. The Labute approximate surface area is 115 Å². The van der Waals surface area contributed by atoms with E-state index in [1.807, 2.05) is 18.2 Å². The second-order valence-corrected chi connectivity index (χ2v) is 5.43. The van der Waals surface area contributed by atoms with Crippen LogP contribution in [0.25, 0.3) is 0 Å². The number of hydrogen-bond acceptors (Lipinski definition) is 3. The number of rotatable bonds is 5. The van der Waals surface area contributed by atoms with Gasteiger partial charge in [-0.3, -0.25) is 0 Å². The number of benzene rings is 1. The Hall–Kier alpha value is -1.22. The van der Waals surface area contributed by atoms with Crippen molar-refractivity contribution in [2.45, 2.75) is 45.1 Å². The molecular weight excluding hydrogens is 240 g/mol. The summed E-state index contributed by atoms with van der Waals surface area (Å²) in [4.78, 5) is 0. The van der Waals surface area contributed by atoms with Gasteiger partial charge in [0.15, 0.2) is 0 Å². The van der Waals surface area contributed by atoms with Gasteiger partial charge in [0.2, 0.25) is 0 Å². The summed E-state index contributed by atoms with van der Waals surface area (Å²) in [6.07, 6.45) is 5.16. The normalized spacial score (nSPS) is 19.2. The fourth-order valence-corrected chi connectivity index (χ4v) is 3.27. The van der Waals surface area contributed by atoms with Crippen LogP contribution < -0.4 is 9.47 Å². The van der Waals surface area contributed by atoms with Gasteiger partial charge in [0.05, 0.1) is 20.3 Å². The molecule has 0 saturated heterocycles. The molecule has 1 fully saturated rings. The van der Waals surface area contributed by atoms with E-state index in [0.717, 1.165) is 30.6 Å². The summed E-state index contributed by atoms with van der Waals surface area (Å²) in [5, 5.41) is 10.8. The molecule has 1 aliphatic rings. The van der Waals surface area contributed by atoms with Gasteiger partial charge >= 0.3 is 0 Å². The Bertz CT molecular complexity index is 422. The molecule has 0 radical (unpaired) electrons. The van der Waals surface area contributed by atoms with Crippen LogP contribution in [-0.2, 0) is 0 Å². The highest BCUT2D eigenvalue weighted by atomic mass is 16.5. The van der Waals surface area contributed by atoms with Crippen LogP contribution in [0.4, 0.5) is 0 Å². The van der Waals surface area contributed by atoms with E-state index in [9.17, 15) is 5.11 Å². The third kappa shape index (κ3) is 2.57. The van der Waals surface area contributed by atoms with Crippen LogP contribution in [-0.4, -0.2) is 19.3 Å². The van der Waals surface area contributed by atoms with Gasteiger partial charge in [-0.2, -0.15) is 0 Å². The summed E-state index contributed by atoms with van der Waals surface area (Å²) in [7, 11) is 3.27. The van der Waals surface area contributed by atoms with Gasteiger partial charge in [0, 0.05) is 17.0 Å². The van der Waals surface area contributed by atoms with E-state index < -0.39 is 6.10 Å². The fraction of sp³-hybridized carbons (Fsp3) is 0.625. The number of methoxy groups -OCH3 is 2. The highest BCUT2D eigenvalue weighted by Gasteiger charge is 2.40. The van der Waals surface area contributed by atoms with Crippen LogP contribution >= 0.6 is 0 Å². The zero-order chi connectivity index (χ0) is 13.9. The van der Waals surface area contributed by atoms with E-state index in [-0.39, 0.29) is 5.41 Å². The number of aliphatic hydroxyl groups excluding tert-OH is 1. The molecule has 1 saturated carbocycles. The monoisotopic (exact) mass is 264 g/mol. The summed E-state index contributed by atoms with van der Waals surface area (Å²) in [5.74, 6) is 1.47. The van der Waals surface area contributed by atoms with Gasteiger partial charge in [-0.1, -0.05) is 19.8 Å². The lowest BCUT2D eigenvalue weighted by atomic mass is 9.75. The van der Waals surface area contributed by atoms with Crippen molar-refractivity contribution in [2.24, 2.45) is 5.41 Å². The summed E-state index contributed by atoms with van der Waals surface area (Å²) >= 11 is 0. The van der Waals surface area contributed by atoms with Crippen LogP contribution in [0.3, 0.4) is 0 Å². The van der Waals surface area contributed by atoms with Crippen molar-refractivity contribution in [1.29, 1.82) is 0 Å². The summed E-state index contributed by atoms with van der Waals surface area (Å²) in [5.41, 5.74) is 0.897. The topological polar surface area (TPSA) is 38.7 Å². The smallest absolute Gasteiger partial charge is 0.128 e. The van der Waals surface area contributed by atoms with Gasteiger partial charge in [-0.05, 0) is 31.4 Å². The molecule has 3 nitrogen and oxygen atoms in total. The molecule has 0 amide bonds. The third-order valence-corrected chi connectivity index (χ3v) is 4.62. The van der Waals surface area contributed by atoms with Gasteiger partial charge in [-0.15, -0.1) is 0 Å². The van der Waals surface area contributed by atoms with Gasteiger partial charge < -0.3 is 14.6 Å². The molecule has 0 aliphatic heterocycles. The summed E-state index contributed by atoms with van der Waals surface area (Å²) < 4.78 is 10.6. The maximum atomic E-state index is 10.8. The predicted molar refractivity (Wildman–Crippen MR) is 75.7 cm³/mol. The Morgan fingerprint density at radius 3 is 2.42 bits per heavy atom. The maximum Gasteiger partial charge on any atom is 0.128 e. The molecule has 0 spiro atoms. The van der Waals surface area contributed by atoms with Crippen LogP contribution in [0.15, 0.2) is 18.2 Å². The molecule has 1 unspecified atom stereocenters. The molecule has 0 aromatic heterocycles. The predicted octanol–water partition coefficient (Wildman–Crippen LogP) is 3.71. The van der Waals surface area contributed by atoms with E-state index in [4.69, 9.17) is 9.47 Å².